The third-order valence-corrected chi connectivity index (χ3v) is 5.72. The van der Waals surface area contributed by atoms with Crippen molar-refractivity contribution in [1.82, 2.24) is 9.80 Å². The van der Waals surface area contributed by atoms with E-state index in [1.807, 2.05) is 51.1 Å². The second kappa shape index (κ2) is 13.1. The summed E-state index contributed by atoms with van der Waals surface area (Å²) in [7, 11) is 3.21. The average molecular weight is 473 g/mol. The third kappa shape index (κ3) is 8.12. The van der Waals surface area contributed by atoms with Gasteiger partial charge in [-0.15, -0.1) is 0 Å². The third-order valence-electron chi connectivity index (χ3n) is 5.72. The van der Waals surface area contributed by atoms with Crippen LogP contribution in [-0.2, 0) is 22.6 Å². The first kappa shape index (κ1) is 27.3. The summed E-state index contributed by atoms with van der Waals surface area (Å²) >= 11 is 0. The smallest absolute Gasteiger partial charge is 0.242 e. The molecule has 1 aromatic carbocycles. The Morgan fingerprint density at radius 2 is 1.65 bits per heavy atom. The van der Waals surface area contributed by atoms with E-state index in [2.05, 4.69) is 13.8 Å². The minimum absolute atomic E-state index is 0.00249. The first-order chi connectivity index (χ1) is 16.1. The number of nitrogens with zero attached hydrogens (tertiary/aromatic N) is 2. The molecule has 188 valence electrons. The Morgan fingerprint density at radius 1 is 0.941 bits per heavy atom. The van der Waals surface area contributed by atoms with Crippen molar-refractivity contribution in [2.45, 2.75) is 54.0 Å². The van der Waals surface area contributed by atoms with Crippen LogP contribution < -0.4 is 9.47 Å². The number of aryl methyl sites for hydroxylation is 1. The van der Waals surface area contributed by atoms with E-state index in [-0.39, 0.29) is 24.3 Å². The van der Waals surface area contributed by atoms with Crippen LogP contribution in [0.15, 0.2) is 34.7 Å². The van der Waals surface area contributed by atoms with Gasteiger partial charge in [0.25, 0.3) is 0 Å². The molecule has 2 amide bonds. The molecule has 0 spiro atoms. The number of carbonyl (C=O) groups is 2. The van der Waals surface area contributed by atoms with Crippen LogP contribution in [0.3, 0.4) is 0 Å². The largest absolute Gasteiger partial charge is 0.493 e. The number of methoxy groups -OCH3 is 2. The van der Waals surface area contributed by atoms with Crippen molar-refractivity contribution in [3.8, 4) is 11.5 Å². The maximum absolute atomic E-state index is 13.4. The van der Waals surface area contributed by atoms with Crippen molar-refractivity contribution in [3.05, 3.63) is 47.4 Å². The predicted molar refractivity (Wildman–Crippen MR) is 133 cm³/mol. The van der Waals surface area contributed by atoms with Crippen molar-refractivity contribution in [3.63, 3.8) is 0 Å². The van der Waals surface area contributed by atoms with Gasteiger partial charge in [0.05, 0.1) is 27.3 Å². The molecule has 0 unspecified atom stereocenters. The number of furan rings is 1. The molecule has 34 heavy (non-hydrogen) atoms. The topological polar surface area (TPSA) is 72.2 Å². The highest BCUT2D eigenvalue weighted by atomic mass is 16.5. The highest BCUT2D eigenvalue weighted by Crippen LogP contribution is 2.28. The zero-order chi connectivity index (χ0) is 25.3. The minimum atomic E-state index is -0.159. The summed E-state index contributed by atoms with van der Waals surface area (Å²) in [5.41, 5.74) is 1.03. The fraction of sp³-hybridized carbons (Fsp3) is 0.556. The zero-order valence-corrected chi connectivity index (χ0v) is 21.7. The number of hydrogen-bond acceptors (Lipinski definition) is 5. The van der Waals surface area contributed by atoms with Gasteiger partial charge in [-0.2, -0.15) is 0 Å². The molecule has 2 aromatic rings. The van der Waals surface area contributed by atoms with Gasteiger partial charge in [-0.25, -0.2) is 0 Å². The summed E-state index contributed by atoms with van der Waals surface area (Å²) < 4.78 is 16.5. The van der Waals surface area contributed by atoms with Crippen LogP contribution in [0.5, 0.6) is 11.5 Å². The van der Waals surface area contributed by atoms with Crippen LogP contribution in [-0.4, -0.2) is 55.5 Å². The second-order valence-corrected chi connectivity index (χ2v) is 9.36. The molecule has 0 aliphatic carbocycles. The van der Waals surface area contributed by atoms with E-state index in [9.17, 15) is 9.59 Å². The molecule has 1 heterocycles. The van der Waals surface area contributed by atoms with E-state index in [1.165, 1.54) is 0 Å². The van der Waals surface area contributed by atoms with Crippen LogP contribution >= 0.6 is 0 Å². The van der Waals surface area contributed by atoms with Gasteiger partial charge in [-0.1, -0.05) is 33.8 Å². The maximum atomic E-state index is 13.4. The Hall–Kier alpha value is -2.96. The number of rotatable bonds is 13. The van der Waals surface area contributed by atoms with Gasteiger partial charge in [0.1, 0.15) is 11.5 Å². The molecule has 0 saturated carbocycles. The SMILES string of the molecule is COc1ccc(CCN(Cc2ccc(C)o2)C(=O)CN(CCC(C)C)C(=O)C(C)C)cc1OC. The molecule has 0 bridgehead atoms. The Morgan fingerprint density at radius 3 is 2.21 bits per heavy atom. The van der Waals surface area contributed by atoms with E-state index in [1.54, 1.807) is 24.0 Å². The lowest BCUT2D eigenvalue weighted by atomic mass is 10.1. The average Bonchev–Trinajstić information content (AvgIpc) is 3.22. The maximum Gasteiger partial charge on any atom is 0.242 e. The van der Waals surface area contributed by atoms with Crippen LogP contribution in [0.2, 0.25) is 0 Å². The Labute approximate surface area is 204 Å². The number of carbonyl (C=O) groups excluding carboxylic acids is 2. The summed E-state index contributed by atoms with van der Waals surface area (Å²) in [6.45, 7) is 11.3. The summed E-state index contributed by atoms with van der Waals surface area (Å²) in [4.78, 5) is 29.7. The van der Waals surface area contributed by atoms with Crippen LogP contribution in [0.4, 0.5) is 0 Å². The van der Waals surface area contributed by atoms with Crippen molar-refractivity contribution in [2.75, 3.05) is 33.9 Å². The highest BCUT2D eigenvalue weighted by molar-refractivity contribution is 5.85. The molecule has 0 radical (unpaired) electrons. The van der Waals surface area contributed by atoms with Gasteiger partial charge >= 0.3 is 0 Å². The van der Waals surface area contributed by atoms with Crippen molar-refractivity contribution < 1.29 is 23.5 Å². The van der Waals surface area contributed by atoms with E-state index in [4.69, 9.17) is 13.9 Å². The van der Waals surface area contributed by atoms with Crippen LogP contribution in [0.1, 0.15) is 51.2 Å². The van der Waals surface area contributed by atoms with E-state index in [0.29, 0.717) is 43.5 Å². The fourth-order valence-corrected chi connectivity index (χ4v) is 3.66. The molecule has 7 heteroatoms. The molecule has 0 aliphatic rings. The molecule has 0 aliphatic heterocycles. The molecular formula is C27H40N2O5. The predicted octanol–water partition coefficient (Wildman–Crippen LogP) is 4.71. The van der Waals surface area contributed by atoms with Crippen LogP contribution in [0.25, 0.3) is 0 Å². The first-order valence-electron chi connectivity index (χ1n) is 12.0. The molecule has 7 nitrogen and oxygen atoms in total. The van der Waals surface area contributed by atoms with Gasteiger partial charge in [-0.3, -0.25) is 9.59 Å². The van der Waals surface area contributed by atoms with Gasteiger partial charge < -0.3 is 23.7 Å². The molecule has 0 fully saturated rings. The molecule has 0 atom stereocenters. The molecule has 2 rings (SSSR count). The lowest BCUT2D eigenvalue weighted by Crippen LogP contribution is -2.45. The molecule has 0 saturated heterocycles. The standard InChI is InChI=1S/C27H40N2O5/c1-19(2)12-14-29(27(31)20(3)4)18-26(30)28(17-23-10-8-21(5)34-23)15-13-22-9-11-24(32-6)25(16-22)33-7/h8-11,16,19-20H,12-15,17-18H2,1-7H3. The highest BCUT2D eigenvalue weighted by Gasteiger charge is 2.24. The molecule has 1 aromatic heterocycles. The first-order valence-corrected chi connectivity index (χ1v) is 12.0. The van der Waals surface area contributed by atoms with E-state index < -0.39 is 0 Å². The lowest BCUT2D eigenvalue weighted by molar-refractivity contribution is -0.142. The second-order valence-electron chi connectivity index (χ2n) is 9.36. The summed E-state index contributed by atoms with van der Waals surface area (Å²) in [6, 6.07) is 9.55. The monoisotopic (exact) mass is 472 g/mol. The van der Waals surface area contributed by atoms with Gasteiger partial charge in [0, 0.05) is 19.0 Å². The summed E-state index contributed by atoms with van der Waals surface area (Å²) in [5, 5.41) is 0. The van der Waals surface area contributed by atoms with E-state index in [0.717, 1.165) is 23.5 Å². The minimum Gasteiger partial charge on any atom is -0.493 e. The summed E-state index contributed by atoms with van der Waals surface area (Å²) in [5.74, 6) is 3.05. The number of ether oxygens (including phenoxy) is 2. The summed E-state index contributed by atoms with van der Waals surface area (Å²) in [6.07, 6.45) is 1.49. The Balaban J connectivity index is 2.19. The van der Waals surface area contributed by atoms with Crippen molar-refractivity contribution in [2.24, 2.45) is 11.8 Å². The Bertz CT molecular complexity index is 935. The van der Waals surface area contributed by atoms with Crippen molar-refractivity contribution >= 4 is 11.8 Å². The van der Waals surface area contributed by atoms with Gasteiger partial charge in [0.15, 0.2) is 11.5 Å². The van der Waals surface area contributed by atoms with E-state index >= 15 is 0 Å². The molecule has 0 N–H and O–H groups in total. The molecular weight excluding hydrogens is 432 g/mol. The van der Waals surface area contributed by atoms with Crippen molar-refractivity contribution in [1.29, 1.82) is 0 Å². The normalized spacial score (nSPS) is 11.1. The van der Waals surface area contributed by atoms with Crippen LogP contribution in [0, 0.1) is 18.8 Å². The zero-order valence-electron chi connectivity index (χ0n) is 21.7. The number of benzene rings is 1. The fourth-order valence-electron chi connectivity index (χ4n) is 3.66. The quantitative estimate of drug-likeness (QED) is 0.422. The number of amides is 2. The van der Waals surface area contributed by atoms with Gasteiger partial charge in [0.2, 0.25) is 11.8 Å². The Kier molecular flexibility index (Phi) is 10.5. The lowest BCUT2D eigenvalue weighted by Gasteiger charge is -2.29. The van der Waals surface area contributed by atoms with Gasteiger partial charge in [-0.05, 0) is 55.5 Å². The number of hydrogen-bond donors (Lipinski definition) is 0.